The Morgan fingerprint density at radius 3 is 1.30 bits per heavy atom. The molecule has 0 aliphatic carbocycles. The Balaban J connectivity index is 4.21. The molecule has 0 rings (SSSR count). The lowest BCUT2D eigenvalue weighted by atomic mass is 10.1. The van der Waals surface area contributed by atoms with E-state index in [-0.39, 0.29) is 0 Å². The van der Waals surface area contributed by atoms with Crippen LogP contribution in [0, 0.1) is 23.7 Å². The maximum Gasteiger partial charge on any atom is 0.185 e. The summed E-state index contributed by atoms with van der Waals surface area (Å²) in [6.45, 7) is 21.4. The fourth-order valence-electron chi connectivity index (χ4n) is 0.942. The van der Waals surface area contributed by atoms with Crippen molar-refractivity contribution >= 4 is 16.6 Å². The molecule has 0 amide bonds. The quantitative estimate of drug-likeness (QED) is 0.437. The van der Waals surface area contributed by atoms with E-state index in [1.807, 2.05) is 0 Å². The Kier molecular flexibility index (Phi) is 7.85. The van der Waals surface area contributed by atoms with E-state index in [1.165, 1.54) is 0 Å². The van der Waals surface area contributed by atoms with Crippen LogP contribution < -0.4 is 0 Å². The molecule has 0 aromatic rings. The predicted octanol–water partition coefficient (Wildman–Crippen LogP) is 3.81. The molecule has 4 heteroatoms. The van der Waals surface area contributed by atoms with E-state index in [2.05, 4.69) is 76.1 Å². The molecule has 0 aliphatic rings. The highest BCUT2D eigenvalue weighted by Gasteiger charge is 2.13. The van der Waals surface area contributed by atoms with Gasteiger partial charge < -0.3 is 8.85 Å². The van der Waals surface area contributed by atoms with E-state index in [9.17, 15) is 0 Å². The van der Waals surface area contributed by atoms with Gasteiger partial charge in [-0.05, 0) is 39.3 Å². The Labute approximate surface area is 126 Å². The van der Waals surface area contributed by atoms with Crippen molar-refractivity contribution in [2.75, 3.05) is 13.2 Å². The van der Waals surface area contributed by atoms with Crippen molar-refractivity contribution in [1.29, 1.82) is 0 Å². The molecule has 0 spiro atoms. The normalized spacial score (nSPS) is 10.9. The van der Waals surface area contributed by atoms with Crippen molar-refractivity contribution < 1.29 is 8.85 Å². The first-order valence-electron chi connectivity index (χ1n) is 6.65. The third-order valence-corrected chi connectivity index (χ3v) is 4.02. The monoisotopic (exact) mass is 306 g/mol. The predicted molar refractivity (Wildman–Crippen MR) is 92.4 cm³/mol. The fraction of sp³-hybridized carbons (Fsp3) is 0.500. The first-order chi connectivity index (χ1) is 9.01. The molecule has 0 fully saturated rings. The first-order valence-corrected chi connectivity index (χ1v) is 13.5. The highest BCUT2D eigenvalue weighted by atomic mass is 28.4. The average Bonchev–Trinajstić information content (AvgIpc) is 2.27. The van der Waals surface area contributed by atoms with Crippen LogP contribution in [0.1, 0.15) is 0 Å². The van der Waals surface area contributed by atoms with Gasteiger partial charge in [-0.2, -0.15) is 0 Å². The lowest BCUT2D eigenvalue weighted by molar-refractivity contribution is 0.364. The SMILES string of the molecule is C=C(C#CCO[Si](C)(C)C)C(=C)C#CCO[Si](C)(C)C. The van der Waals surface area contributed by atoms with E-state index in [4.69, 9.17) is 8.85 Å². The van der Waals surface area contributed by atoms with Crippen molar-refractivity contribution in [3.05, 3.63) is 24.3 Å². The Bertz CT molecular complexity index is 425. The number of hydrogen-bond acceptors (Lipinski definition) is 2. The van der Waals surface area contributed by atoms with Crippen molar-refractivity contribution in [2.45, 2.75) is 39.3 Å². The summed E-state index contributed by atoms with van der Waals surface area (Å²) in [4.78, 5) is 0. The van der Waals surface area contributed by atoms with Crippen LogP contribution >= 0.6 is 0 Å². The molecule has 0 atom stereocenters. The molecule has 0 unspecified atom stereocenters. The molecule has 0 saturated carbocycles. The van der Waals surface area contributed by atoms with Crippen LogP contribution in [-0.4, -0.2) is 29.8 Å². The lowest BCUT2D eigenvalue weighted by Gasteiger charge is -2.14. The van der Waals surface area contributed by atoms with E-state index in [0.29, 0.717) is 24.4 Å². The van der Waals surface area contributed by atoms with Crippen LogP contribution in [-0.2, 0) is 8.85 Å². The van der Waals surface area contributed by atoms with Gasteiger partial charge in [-0.1, -0.05) is 36.8 Å². The molecule has 0 aromatic carbocycles. The summed E-state index contributed by atoms with van der Waals surface area (Å²) in [7, 11) is -2.99. The summed E-state index contributed by atoms with van der Waals surface area (Å²) in [5.41, 5.74) is 1.29. The number of rotatable bonds is 5. The fourth-order valence-corrected chi connectivity index (χ4v) is 1.95. The zero-order chi connectivity index (χ0) is 15.8. The summed E-state index contributed by atoms with van der Waals surface area (Å²) in [5, 5.41) is 0. The first kappa shape index (κ1) is 19.0. The van der Waals surface area contributed by atoms with Gasteiger partial charge in [0.25, 0.3) is 0 Å². The summed E-state index contributed by atoms with van der Waals surface area (Å²) in [6, 6.07) is 0. The largest absolute Gasteiger partial charge is 0.407 e. The molecule has 0 heterocycles. The topological polar surface area (TPSA) is 18.5 Å². The number of allylic oxidation sites excluding steroid dienone is 2. The molecule has 0 N–H and O–H groups in total. The van der Waals surface area contributed by atoms with Gasteiger partial charge in [0, 0.05) is 11.1 Å². The van der Waals surface area contributed by atoms with Crippen LogP contribution in [0.15, 0.2) is 24.3 Å². The van der Waals surface area contributed by atoms with Crippen molar-refractivity contribution in [1.82, 2.24) is 0 Å². The van der Waals surface area contributed by atoms with E-state index in [1.54, 1.807) is 0 Å². The van der Waals surface area contributed by atoms with Gasteiger partial charge in [-0.3, -0.25) is 0 Å². The van der Waals surface area contributed by atoms with Crippen molar-refractivity contribution in [3.8, 4) is 23.7 Å². The molecule has 0 aliphatic heterocycles. The second kappa shape index (κ2) is 8.29. The molecule has 20 heavy (non-hydrogen) atoms. The summed E-state index contributed by atoms with van der Waals surface area (Å²) < 4.78 is 11.3. The van der Waals surface area contributed by atoms with E-state index in [0.717, 1.165) is 0 Å². The van der Waals surface area contributed by atoms with Gasteiger partial charge in [-0.15, -0.1) is 0 Å². The van der Waals surface area contributed by atoms with E-state index >= 15 is 0 Å². The summed E-state index contributed by atoms with van der Waals surface area (Å²) >= 11 is 0. The maximum absolute atomic E-state index is 5.64. The minimum Gasteiger partial charge on any atom is -0.407 e. The molecule has 110 valence electrons. The Hall–Kier alpha value is -1.05. The van der Waals surface area contributed by atoms with Crippen molar-refractivity contribution in [3.63, 3.8) is 0 Å². The Morgan fingerprint density at radius 2 is 1.05 bits per heavy atom. The minimum absolute atomic E-state index is 0.439. The van der Waals surface area contributed by atoms with Gasteiger partial charge >= 0.3 is 0 Å². The third kappa shape index (κ3) is 12.0. The van der Waals surface area contributed by atoms with Gasteiger partial charge in [0.2, 0.25) is 0 Å². The van der Waals surface area contributed by atoms with Crippen LogP contribution in [0.2, 0.25) is 39.3 Å². The summed E-state index contributed by atoms with van der Waals surface area (Å²) in [5.74, 6) is 11.8. The van der Waals surface area contributed by atoms with E-state index < -0.39 is 16.6 Å². The molecular formula is C16H26O2Si2. The zero-order valence-corrected chi connectivity index (χ0v) is 15.6. The van der Waals surface area contributed by atoms with Crippen LogP contribution in [0.4, 0.5) is 0 Å². The molecule has 2 nitrogen and oxygen atoms in total. The van der Waals surface area contributed by atoms with Gasteiger partial charge in [0.1, 0.15) is 0 Å². The second-order valence-corrected chi connectivity index (χ2v) is 15.4. The van der Waals surface area contributed by atoms with Crippen LogP contribution in [0.5, 0.6) is 0 Å². The smallest absolute Gasteiger partial charge is 0.185 e. The number of hydrogen-bond donors (Lipinski definition) is 0. The molecule has 0 saturated heterocycles. The molecule has 0 bridgehead atoms. The zero-order valence-electron chi connectivity index (χ0n) is 13.6. The average molecular weight is 307 g/mol. The van der Waals surface area contributed by atoms with Gasteiger partial charge in [0.15, 0.2) is 16.6 Å². The van der Waals surface area contributed by atoms with Gasteiger partial charge in [-0.25, -0.2) is 0 Å². The molecular weight excluding hydrogens is 280 g/mol. The lowest BCUT2D eigenvalue weighted by Crippen LogP contribution is -2.25. The standard InChI is InChI=1S/C16H26O2Si2/c1-15(11-9-13-17-19(3,4)5)16(2)12-10-14-18-20(6,7)8/h1-2,13-14H2,3-8H3. The maximum atomic E-state index is 5.64. The Morgan fingerprint density at radius 1 is 0.750 bits per heavy atom. The highest BCUT2D eigenvalue weighted by Crippen LogP contribution is 2.04. The van der Waals surface area contributed by atoms with Crippen LogP contribution in [0.25, 0.3) is 0 Å². The second-order valence-electron chi connectivity index (χ2n) is 6.36. The minimum atomic E-state index is -1.50. The molecule has 0 radical (unpaired) electrons. The van der Waals surface area contributed by atoms with Crippen molar-refractivity contribution in [2.24, 2.45) is 0 Å². The van der Waals surface area contributed by atoms with Crippen LogP contribution in [0.3, 0.4) is 0 Å². The summed E-state index contributed by atoms with van der Waals surface area (Å²) in [6.07, 6.45) is 0. The van der Waals surface area contributed by atoms with Gasteiger partial charge in [0.05, 0.1) is 13.2 Å². The highest BCUT2D eigenvalue weighted by molar-refractivity contribution is 6.70. The third-order valence-electron chi connectivity index (χ3n) is 2.00. The molecule has 0 aromatic heterocycles.